The van der Waals surface area contributed by atoms with Gasteiger partial charge >= 0.3 is 12.3 Å². The molecule has 1 heterocycles. The van der Waals surface area contributed by atoms with Crippen molar-refractivity contribution in [3.05, 3.63) is 102 Å². The molecule has 0 unspecified atom stereocenters. The summed E-state index contributed by atoms with van der Waals surface area (Å²) >= 11 is 0. The highest BCUT2D eigenvalue weighted by Crippen LogP contribution is 2.40. The summed E-state index contributed by atoms with van der Waals surface area (Å²) in [7, 11) is 0. The number of hydrogen-bond acceptors (Lipinski definition) is 6. The molecule has 0 aromatic heterocycles. The summed E-state index contributed by atoms with van der Waals surface area (Å²) in [6.45, 7) is 0. The molecule has 0 saturated carbocycles. The van der Waals surface area contributed by atoms with Crippen molar-refractivity contribution in [2.24, 2.45) is 5.10 Å². The number of halogens is 3. The van der Waals surface area contributed by atoms with Crippen molar-refractivity contribution in [2.45, 2.75) is 6.18 Å². The molecular formula is C28H18F3N3O5. The maximum absolute atomic E-state index is 13.4. The third-order valence-electron chi connectivity index (χ3n) is 5.91. The molecule has 11 heteroatoms. The molecule has 0 spiro atoms. The molecule has 1 aliphatic rings. The predicted octanol–water partition coefficient (Wildman–Crippen LogP) is 6.63. The number of carbonyl (C=O) groups is 2. The maximum Gasteiger partial charge on any atom is 0.511 e. The molecule has 4 aromatic carbocycles. The second-order valence-corrected chi connectivity index (χ2v) is 8.38. The van der Waals surface area contributed by atoms with Gasteiger partial charge in [-0.05, 0) is 48.0 Å². The lowest BCUT2D eigenvalue weighted by Crippen LogP contribution is -2.26. The molecule has 5 rings (SSSR count). The summed E-state index contributed by atoms with van der Waals surface area (Å²) < 4.78 is 44.6. The Labute approximate surface area is 219 Å². The number of aromatic hydroxyl groups is 1. The fourth-order valence-electron chi connectivity index (χ4n) is 4.20. The second kappa shape index (κ2) is 9.86. The Kier molecular flexibility index (Phi) is 6.40. The number of ether oxygens (including phenoxy) is 1. The van der Waals surface area contributed by atoms with Crippen LogP contribution in [0.15, 0.2) is 96.1 Å². The van der Waals surface area contributed by atoms with Crippen LogP contribution in [0.4, 0.5) is 35.0 Å². The van der Waals surface area contributed by atoms with Gasteiger partial charge in [0, 0.05) is 16.8 Å². The van der Waals surface area contributed by atoms with Gasteiger partial charge in [-0.25, -0.2) is 4.79 Å². The number of rotatable bonds is 5. The molecule has 0 atom stereocenters. The number of para-hydroxylation sites is 2. The van der Waals surface area contributed by atoms with Crippen molar-refractivity contribution in [1.29, 1.82) is 0 Å². The van der Waals surface area contributed by atoms with Crippen molar-refractivity contribution >= 4 is 34.8 Å². The van der Waals surface area contributed by atoms with Gasteiger partial charge in [-0.2, -0.15) is 18.3 Å². The van der Waals surface area contributed by atoms with Crippen molar-refractivity contribution in [1.82, 2.24) is 0 Å². The zero-order chi connectivity index (χ0) is 27.7. The first-order valence-corrected chi connectivity index (χ1v) is 11.4. The molecular weight excluding hydrogens is 515 g/mol. The van der Waals surface area contributed by atoms with Crippen LogP contribution >= 0.6 is 0 Å². The third-order valence-corrected chi connectivity index (χ3v) is 5.91. The van der Waals surface area contributed by atoms with Crippen molar-refractivity contribution < 1.29 is 37.7 Å². The average molecular weight is 533 g/mol. The van der Waals surface area contributed by atoms with Crippen molar-refractivity contribution in [3.63, 3.8) is 0 Å². The van der Waals surface area contributed by atoms with E-state index in [0.29, 0.717) is 22.4 Å². The van der Waals surface area contributed by atoms with E-state index in [1.807, 2.05) is 0 Å². The van der Waals surface area contributed by atoms with Crippen LogP contribution < -0.4 is 15.1 Å². The monoisotopic (exact) mass is 533 g/mol. The number of hydrazone groups is 1. The Bertz CT molecular complexity index is 1640. The summed E-state index contributed by atoms with van der Waals surface area (Å²) in [5.41, 5.74) is 3.42. The highest BCUT2D eigenvalue weighted by molar-refractivity contribution is 6.55. The van der Waals surface area contributed by atoms with Crippen LogP contribution in [0.25, 0.3) is 11.1 Å². The number of alkyl halides is 3. The Morgan fingerprint density at radius 2 is 1.62 bits per heavy atom. The van der Waals surface area contributed by atoms with Gasteiger partial charge in [0.1, 0.15) is 11.5 Å². The van der Waals surface area contributed by atoms with E-state index in [1.54, 1.807) is 48.5 Å². The van der Waals surface area contributed by atoms with Crippen molar-refractivity contribution in [2.75, 3.05) is 10.3 Å². The number of benzene rings is 4. The molecule has 4 aromatic rings. The number of hydrogen-bond donors (Lipinski definition) is 3. The summed E-state index contributed by atoms with van der Waals surface area (Å²) in [4.78, 5) is 25.4. The van der Waals surface area contributed by atoms with E-state index < -0.39 is 23.8 Å². The number of fused-ring (bicyclic) bond motifs is 1. The van der Waals surface area contributed by atoms with Gasteiger partial charge in [-0.1, -0.05) is 48.5 Å². The maximum atomic E-state index is 13.4. The normalized spacial score (nSPS) is 13.9. The highest BCUT2D eigenvalue weighted by Gasteiger charge is 2.37. The van der Waals surface area contributed by atoms with Gasteiger partial charge in [0.25, 0.3) is 5.91 Å². The number of carbonyl (C=O) groups excluding carboxylic acids is 1. The van der Waals surface area contributed by atoms with Gasteiger partial charge in [-0.15, -0.1) is 0 Å². The lowest BCUT2D eigenvalue weighted by molar-refractivity contribution is -0.137. The molecule has 0 saturated heterocycles. The first-order chi connectivity index (χ1) is 18.6. The summed E-state index contributed by atoms with van der Waals surface area (Å²) in [6.07, 6.45) is -6.07. The summed E-state index contributed by atoms with van der Waals surface area (Å²) in [5, 5.41) is 24.0. The minimum absolute atomic E-state index is 0.0285. The number of anilines is 3. The van der Waals surface area contributed by atoms with Crippen LogP contribution in [-0.4, -0.2) is 28.0 Å². The molecule has 0 fully saturated rings. The molecule has 196 valence electrons. The highest BCUT2D eigenvalue weighted by atomic mass is 19.4. The summed E-state index contributed by atoms with van der Waals surface area (Å²) in [5.74, 6) is -0.833. The van der Waals surface area contributed by atoms with Gasteiger partial charge in [0.2, 0.25) is 0 Å². The first kappa shape index (κ1) is 25.3. The molecule has 0 bridgehead atoms. The van der Waals surface area contributed by atoms with Gasteiger partial charge in [0.05, 0.1) is 16.9 Å². The standard InChI is InChI=1S/C28H18F3N3O5/c29-28(30,31)17-7-4-8-18(15-17)34-23-13-2-1-10-21(23)24(26(34)36)33-32-22-12-5-11-20(25(22)35)16-6-3-9-19(14-16)39-27(37)38/h1-15,32,35H,(H,37,38). The van der Waals surface area contributed by atoms with Crippen LogP contribution in [-0.2, 0) is 11.0 Å². The fraction of sp³-hybridized carbons (Fsp3) is 0.0357. The molecule has 1 aliphatic heterocycles. The third kappa shape index (κ3) is 4.97. The minimum atomic E-state index is -4.58. The van der Waals surface area contributed by atoms with Crippen molar-refractivity contribution in [3.8, 4) is 22.6 Å². The Hall–Kier alpha value is -5.32. The van der Waals surface area contributed by atoms with Crippen LogP contribution in [0.1, 0.15) is 11.1 Å². The van der Waals surface area contributed by atoms with Crippen LogP contribution in [0.3, 0.4) is 0 Å². The van der Waals surface area contributed by atoms with Gasteiger partial charge in [-0.3, -0.25) is 15.1 Å². The van der Waals surface area contributed by atoms with Gasteiger partial charge < -0.3 is 14.9 Å². The topological polar surface area (TPSA) is 111 Å². The number of nitrogens with one attached hydrogen (secondary N) is 1. The number of nitrogens with zero attached hydrogens (tertiary/aromatic N) is 2. The van der Waals surface area contributed by atoms with E-state index >= 15 is 0 Å². The van der Waals surface area contributed by atoms with Gasteiger partial charge in [0.15, 0.2) is 5.71 Å². The quantitative estimate of drug-likeness (QED) is 0.115. The summed E-state index contributed by atoms with van der Waals surface area (Å²) in [6, 6.07) is 21.8. The molecule has 39 heavy (non-hydrogen) atoms. The van der Waals surface area contributed by atoms with E-state index in [9.17, 15) is 27.9 Å². The largest absolute Gasteiger partial charge is 0.511 e. The lowest BCUT2D eigenvalue weighted by Gasteiger charge is -2.18. The van der Waals surface area contributed by atoms with E-state index in [2.05, 4.69) is 15.3 Å². The Balaban J connectivity index is 1.49. The van der Waals surface area contributed by atoms with E-state index in [0.717, 1.165) is 17.0 Å². The molecule has 0 radical (unpaired) electrons. The van der Waals surface area contributed by atoms with Crippen LogP contribution in [0, 0.1) is 0 Å². The van der Waals surface area contributed by atoms with E-state index in [-0.39, 0.29) is 28.6 Å². The number of phenols is 1. The Morgan fingerprint density at radius 1 is 0.897 bits per heavy atom. The SMILES string of the molecule is O=C(O)Oc1cccc(-c2cccc(NN=C3C(=O)N(c4cccc(C(F)(F)F)c4)c4ccccc43)c2O)c1. The Morgan fingerprint density at radius 3 is 2.38 bits per heavy atom. The van der Waals surface area contributed by atoms with E-state index in [1.165, 1.54) is 30.3 Å². The van der Waals surface area contributed by atoms with Crippen LogP contribution in [0.2, 0.25) is 0 Å². The number of amides is 1. The lowest BCUT2D eigenvalue weighted by atomic mass is 10.0. The fourth-order valence-corrected chi connectivity index (χ4v) is 4.20. The number of carboxylic acid groups (broad SMARTS) is 1. The molecule has 8 nitrogen and oxygen atoms in total. The smallest absolute Gasteiger partial charge is 0.505 e. The first-order valence-electron chi connectivity index (χ1n) is 11.4. The average Bonchev–Trinajstić information content (AvgIpc) is 3.18. The zero-order valence-corrected chi connectivity index (χ0v) is 19.8. The van der Waals surface area contributed by atoms with Crippen LogP contribution in [0.5, 0.6) is 11.5 Å². The predicted molar refractivity (Wildman–Crippen MR) is 137 cm³/mol. The minimum Gasteiger partial charge on any atom is -0.505 e. The zero-order valence-electron chi connectivity index (χ0n) is 19.8. The molecule has 3 N–H and O–H groups in total. The number of phenolic OH excluding ortho intramolecular Hbond substituents is 1. The molecule has 1 amide bonds. The molecule has 0 aliphatic carbocycles. The van der Waals surface area contributed by atoms with E-state index in [4.69, 9.17) is 5.11 Å². The second-order valence-electron chi connectivity index (χ2n) is 8.38.